The van der Waals surface area contributed by atoms with Crippen LogP contribution in [0.4, 0.5) is 0 Å². The number of likely N-dealkylation sites (tertiary alicyclic amines) is 1. The Labute approximate surface area is 159 Å². The topological polar surface area (TPSA) is 94.0 Å². The molecule has 0 spiro atoms. The van der Waals surface area contributed by atoms with E-state index in [0.29, 0.717) is 41.4 Å². The Hall–Kier alpha value is -3.39. The molecule has 3 N–H and O–H groups in total. The number of hydrogen-bond donors (Lipinski definition) is 2. The van der Waals surface area contributed by atoms with E-state index in [1.165, 1.54) is 6.21 Å². The maximum absolute atomic E-state index is 12.8. The zero-order valence-corrected chi connectivity index (χ0v) is 15.5. The Morgan fingerprint density at radius 1 is 1.26 bits per heavy atom. The molecule has 1 aliphatic rings. The predicted octanol–water partition coefficient (Wildman–Crippen LogP) is 3.45. The van der Waals surface area contributed by atoms with Crippen molar-refractivity contribution in [2.24, 2.45) is 5.73 Å². The number of nitrogens with zero attached hydrogens (tertiary/aromatic N) is 2. The predicted molar refractivity (Wildman–Crippen MR) is 107 cm³/mol. The third-order valence-electron chi connectivity index (χ3n) is 5.10. The van der Waals surface area contributed by atoms with Gasteiger partial charge in [-0.05, 0) is 54.8 Å². The Bertz CT molecular complexity index is 961. The minimum atomic E-state index is -0.0125. The molecule has 3 rings (SSSR count). The smallest absolute Gasteiger partial charge is 0.253 e. The van der Waals surface area contributed by atoms with Crippen molar-refractivity contribution in [3.05, 3.63) is 75.9 Å². The molecule has 1 heterocycles. The van der Waals surface area contributed by atoms with Crippen LogP contribution >= 0.6 is 0 Å². The molecule has 1 amide bonds. The first-order valence-corrected chi connectivity index (χ1v) is 8.81. The molecule has 0 atom stereocenters. The first-order valence-electron chi connectivity index (χ1n) is 8.81. The molecule has 27 heavy (non-hydrogen) atoms. The molecule has 0 bridgehead atoms. The van der Waals surface area contributed by atoms with Gasteiger partial charge < -0.3 is 16.0 Å². The van der Waals surface area contributed by atoms with Gasteiger partial charge in [-0.15, -0.1) is 0 Å². The van der Waals surface area contributed by atoms with Crippen molar-refractivity contribution >= 4 is 17.8 Å². The highest BCUT2D eigenvalue weighted by Gasteiger charge is 2.32. The van der Waals surface area contributed by atoms with Gasteiger partial charge in [0, 0.05) is 42.0 Å². The number of amides is 1. The molecule has 0 radical (unpaired) electrons. The van der Waals surface area contributed by atoms with Crippen LogP contribution in [0.1, 0.15) is 45.5 Å². The van der Waals surface area contributed by atoms with E-state index in [4.69, 9.17) is 16.4 Å². The number of hydrogen-bond acceptors (Lipinski definition) is 4. The van der Waals surface area contributed by atoms with E-state index in [1.54, 1.807) is 6.92 Å². The molecule has 5 nitrogen and oxygen atoms in total. The largest absolute Gasteiger partial charge is 0.398 e. The summed E-state index contributed by atoms with van der Waals surface area (Å²) in [7, 11) is 0. The van der Waals surface area contributed by atoms with Crippen LogP contribution in [0.15, 0.2) is 48.0 Å². The summed E-state index contributed by atoms with van der Waals surface area (Å²) in [6.07, 6.45) is 1.22. The van der Waals surface area contributed by atoms with E-state index < -0.39 is 0 Å². The van der Waals surface area contributed by atoms with Crippen LogP contribution in [0.2, 0.25) is 0 Å². The third kappa shape index (κ3) is 3.61. The second kappa shape index (κ2) is 7.46. The van der Waals surface area contributed by atoms with Crippen molar-refractivity contribution < 1.29 is 4.79 Å². The van der Waals surface area contributed by atoms with E-state index in [0.717, 1.165) is 16.7 Å². The molecule has 1 saturated heterocycles. The Morgan fingerprint density at radius 3 is 2.52 bits per heavy atom. The minimum absolute atomic E-state index is 0.0125. The van der Waals surface area contributed by atoms with Crippen LogP contribution in [-0.4, -0.2) is 30.1 Å². The zero-order chi connectivity index (χ0) is 19.6. The number of benzene rings is 2. The monoisotopic (exact) mass is 358 g/mol. The lowest BCUT2D eigenvalue weighted by atomic mass is 9.90. The van der Waals surface area contributed by atoms with Crippen molar-refractivity contribution in [3.63, 3.8) is 0 Å². The average Bonchev–Trinajstić information content (AvgIpc) is 2.66. The lowest BCUT2D eigenvalue weighted by Crippen LogP contribution is -2.48. The van der Waals surface area contributed by atoms with Crippen LogP contribution in [-0.2, 0) is 0 Å². The average molecular weight is 358 g/mol. The highest BCUT2D eigenvalue weighted by molar-refractivity contribution is 5.97. The number of rotatable bonds is 4. The van der Waals surface area contributed by atoms with Gasteiger partial charge in [-0.1, -0.05) is 18.2 Å². The first kappa shape index (κ1) is 18.4. The molecule has 1 fully saturated rings. The number of nitrogens with two attached hydrogens (primary N) is 1. The van der Waals surface area contributed by atoms with Crippen molar-refractivity contribution in [2.45, 2.75) is 19.8 Å². The summed E-state index contributed by atoms with van der Waals surface area (Å²) in [6.45, 7) is 5.06. The molecule has 0 aliphatic carbocycles. The number of carbonyl (C=O) groups is 1. The van der Waals surface area contributed by atoms with Crippen LogP contribution in [0.3, 0.4) is 0 Å². The van der Waals surface area contributed by atoms with E-state index in [2.05, 4.69) is 6.07 Å². The minimum Gasteiger partial charge on any atom is -0.398 e. The van der Waals surface area contributed by atoms with Gasteiger partial charge in [-0.25, -0.2) is 0 Å². The van der Waals surface area contributed by atoms with E-state index in [-0.39, 0.29) is 5.91 Å². The number of nitriles is 1. The van der Waals surface area contributed by atoms with Gasteiger partial charge >= 0.3 is 0 Å². The fraction of sp³-hybridized carbons (Fsp3) is 0.227. The van der Waals surface area contributed by atoms with Crippen molar-refractivity contribution in [1.82, 2.24) is 4.90 Å². The summed E-state index contributed by atoms with van der Waals surface area (Å²) in [5, 5.41) is 16.3. The van der Waals surface area contributed by atoms with Crippen LogP contribution in [0.25, 0.3) is 5.70 Å². The molecule has 0 unspecified atom stereocenters. The molecule has 0 saturated carbocycles. The molecular formula is C22H22N4O. The Morgan fingerprint density at radius 2 is 1.93 bits per heavy atom. The summed E-state index contributed by atoms with van der Waals surface area (Å²) >= 11 is 0. The van der Waals surface area contributed by atoms with Crippen LogP contribution < -0.4 is 5.73 Å². The summed E-state index contributed by atoms with van der Waals surface area (Å²) in [4.78, 5) is 14.6. The highest BCUT2D eigenvalue weighted by Crippen LogP contribution is 2.29. The van der Waals surface area contributed by atoms with E-state index >= 15 is 0 Å². The third-order valence-corrected chi connectivity index (χ3v) is 5.10. The normalized spacial score (nSPS) is 14.8. The molecular weight excluding hydrogens is 336 g/mol. The fourth-order valence-electron chi connectivity index (χ4n) is 3.20. The van der Waals surface area contributed by atoms with Crippen LogP contribution in [0.5, 0.6) is 0 Å². The standard InChI is InChI=1S/C22H22N4O/c1-14-3-6-18(9-20(14)21(25)15(2)10-23)22(27)26-12-19(13-26)17-7-4-16(11-24)5-8-17/h3-10,19,23H,12-13,25H2,1-2H3/b21-15-,23-10?. The zero-order valence-electron chi connectivity index (χ0n) is 15.5. The highest BCUT2D eigenvalue weighted by atomic mass is 16.2. The second-order valence-electron chi connectivity index (χ2n) is 6.91. The quantitative estimate of drug-likeness (QED) is 0.820. The molecule has 1 aliphatic heterocycles. The van der Waals surface area contributed by atoms with Gasteiger partial charge in [-0.2, -0.15) is 5.26 Å². The molecule has 2 aromatic rings. The number of aryl methyl sites for hydroxylation is 1. The van der Waals surface area contributed by atoms with Gasteiger partial charge in [0.05, 0.1) is 11.6 Å². The van der Waals surface area contributed by atoms with Crippen molar-refractivity contribution in [3.8, 4) is 6.07 Å². The Kier molecular flexibility index (Phi) is 5.09. The van der Waals surface area contributed by atoms with Gasteiger partial charge in [-0.3, -0.25) is 4.79 Å². The second-order valence-corrected chi connectivity index (χ2v) is 6.91. The lowest BCUT2D eigenvalue weighted by Gasteiger charge is -2.39. The fourth-order valence-corrected chi connectivity index (χ4v) is 3.20. The van der Waals surface area contributed by atoms with Gasteiger partial charge in [0.2, 0.25) is 0 Å². The summed E-state index contributed by atoms with van der Waals surface area (Å²) in [5.41, 5.74) is 11.5. The first-order chi connectivity index (χ1) is 12.9. The van der Waals surface area contributed by atoms with E-state index in [1.807, 2.05) is 54.3 Å². The molecule has 2 aromatic carbocycles. The van der Waals surface area contributed by atoms with Crippen molar-refractivity contribution in [1.29, 1.82) is 10.7 Å². The van der Waals surface area contributed by atoms with Crippen molar-refractivity contribution in [2.75, 3.05) is 13.1 Å². The molecule has 136 valence electrons. The Balaban J connectivity index is 1.74. The molecule has 5 heteroatoms. The SMILES string of the molecule is C/C(C=N)=C(/N)c1cc(C(=O)N2CC(c3ccc(C#N)cc3)C2)ccc1C. The summed E-state index contributed by atoms with van der Waals surface area (Å²) in [5.74, 6) is 0.290. The summed E-state index contributed by atoms with van der Waals surface area (Å²) < 4.78 is 0. The van der Waals surface area contributed by atoms with Gasteiger partial charge in [0.1, 0.15) is 0 Å². The number of allylic oxidation sites excluding steroid dienone is 1. The maximum Gasteiger partial charge on any atom is 0.253 e. The molecule has 0 aromatic heterocycles. The van der Waals surface area contributed by atoms with Gasteiger partial charge in [0.25, 0.3) is 5.91 Å². The van der Waals surface area contributed by atoms with E-state index in [9.17, 15) is 4.79 Å². The van der Waals surface area contributed by atoms with Crippen LogP contribution in [0, 0.1) is 23.7 Å². The number of carbonyl (C=O) groups excluding carboxylic acids is 1. The lowest BCUT2D eigenvalue weighted by molar-refractivity contribution is 0.0602. The van der Waals surface area contributed by atoms with Gasteiger partial charge in [0.15, 0.2) is 0 Å². The summed E-state index contributed by atoms with van der Waals surface area (Å²) in [6, 6.07) is 15.2. The maximum atomic E-state index is 12.8. The number of nitrogens with one attached hydrogen (secondary N) is 1.